The van der Waals surface area contributed by atoms with Gasteiger partial charge in [0.25, 0.3) is 5.91 Å². The lowest BCUT2D eigenvalue weighted by Gasteiger charge is -2.19. The van der Waals surface area contributed by atoms with E-state index >= 15 is 0 Å². The Balaban J connectivity index is 1.49. The number of nitrogens with two attached hydrogens (primary N) is 1. The molecule has 0 unspecified atom stereocenters. The predicted molar refractivity (Wildman–Crippen MR) is 129 cm³/mol. The molecule has 2 heterocycles. The Morgan fingerprint density at radius 3 is 2.54 bits per heavy atom. The lowest BCUT2D eigenvalue weighted by Crippen LogP contribution is -2.36. The molecule has 0 spiro atoms. The number of primary amides is 1. The van der Waals surface area contributed by atoms with Crippen molar-refractivity contribution < 1.29 is 19.1 Å². The highest BCUT2D eigenvalue weighted by Crippen LogP contribution is 2.30. The van der Waals surface area contributed by atoms with Gasteiger partial charge in [0, 0.05) is 19.1 Å². The summed E-state index contributed by atoms with van der Waals surface area (Å²) in [5.74, 6) is 1.34. The fourth-order valence-electron chi connectivity index (χ4n) is 3.67. The van der Waals surface area contributed by atoms with E-state index in [-0.39, 0.29) is 23.4 Å². The molecule has 1 aliphatic heterocycles. The molecule has 0 radical (unpaired) electrons. The van der Waals surface area contributed by atoms with Crippen LogP contribution in [0.3, 0.4) is 0 Å². The third-order valence-electron chi connectivity index (χ3n) is 5.39. The van der Waals surface area contributed by atoms with E-state index in [9.17, 15) is 9.59 Å². The van der Waals surface area contributed by atoms with Gasteiger partial charge in [0.1, 0.15) is 28.6 Å². The number of nitrogens with zero attached hydrogens (tertiary/aromatic N) is 3. The van der Waals surface area contributed by atoms with Gasteiger partial charge in [-0.15, -0.1) is 0 Å². The maximum absolute atomic E-state index is 11.9. The van der Waals surface area contributed by atoms with Crippen molar-refractivity contribution in [2.24, 2.45) is 5.73 Å². The standard InChI is InChI=1S/C26H23N5O4/c1-2-24(32)29-18-12-13-31(16-18)23-11-10-22(25(28)33)26(30-23)35-20-8-6-19(7-9-20)34-21-5-3-4-17(14-21)15-27/h2-11,14,18H,1,12-13,16H2,(H2,28,33)(H,29,32)/t18-/m0/s1. The van der Waals surface area contributed by atoms with Crippen LogP contribution >= 0.6 is 0 Å². The summed E-state index contributed by atoms with van der Waals surface area (Å²) in [6, 6.07) is 18.9. The monoisotopic (exact) mass is 469 g/mol. The fourth-order valence-corrected chi connectivity index (χ4v) is 3.67. The van der Waals surface area contributed by atoms with Crippen molar-refractivity contribution in [2.75, 3.05) is 18.0 Å². The molecule has 0 aliphatic carbocycles. The summed E-state index contributed by atoms with van der Waals surface area (Å²) in [6.07, 6.45) is 2.00. The first-order valence-corrected chi connectivity index (χ1v) is 10.9. The molecule has 1 fully saturated rings. The first-order valence-electron chi connectivity index (χ1n) is 10.9. The van der Waals surface area contributed by atoms with E-state index in [4.69, 9.17) is 20.5 Å². The molecular weight excluding hydrogens is 446 g/mol. The number of amides is 2. The summed E-state index contributed by atoms with van der Waals surface area (Å²) in [6.45, 7) is 4.73. The molecule has 1 saturated heterocycles. The number of ether oxygens (including phenoxy) is 2. The average molecular weight is 470 g/mol. The van der Waals surface area contributed by atoms with E-state index in [2.05, 4.69) is 22.9 Å². The highest BCUT2D eigenvalue weighted by atomic mass is 16.5. The van der Waals surface area contributed by atoms with Crippen LogP contribution in [0.15, 0.2) is 73.3 Å². The molecule has 2 aromatic carbocycles. The van der Waals surface area contributed by atoms with Gasteiger partial charge in [0.05, 0.1) is 11.6 Å². The number of benzene rings is 2. The van der Waals surface area contributed by atoms with Crippen LogP contribution < -0.4 is 25.4 Å². The SMILES string of the molecule is C=CC(=O)N[C@H]1CCN(c2ccc(C(N)=O)c(Oc3ccc(Oc4cccc(C#N)c4)cc3)n2)C1. The Kier molecular flexibility index (Phi) is 6.93. The van der Waals surface area contributed by atoms with E-state index < -0.39 is 5.91 Å². The lowest BCUT2D eigenvalue weighted by atomic mass is 10.2. The van der Waals surface area contributed by atoms with Crippen LogP contribution in [0, 0.1) is 11.3 Å². The van der Waals surface area contributed by atoms with E-state index in [1.54, 1.807) is 60.7 Å². The number of carbonyl (C=O) groups is 2. The van der Waals surface area contributed by atoms with Gasteiger partial charge in [-0.3, -0.25) is 9.59 Å². The molecule has 0 saturated carbocycles. The van der Waals surface area contributed by atoms with Crippen molar-refractivity contribution in [3.05, 3.63) is 84.4 Å². The number of anilines is 1. The molecule has 35 heavy (non-hydrogen) atoms. The summed E-state index contributed by atoms with van der Waals surface area (Å²) in [5, 5.41) is 11.9. The first-order chi connectivity index (χ1) is 16.9. The maximum atomic E-state index is 11.9. The quantitative estimate of drug-likeness (QED) is 0.483. The van der Waals surface area contributed by atoms with E-state index in [0.29, 0.717) is 41.7 Å². The van der Waals surface area contributed by atoms with E-state index in [0.717, 1.165) is 6.42 Å². The molecule has 3 N–H and O–H groups in total. The Morgan fingerprint density at radius 1 is 1.11 bits per heavy atom. The van der Waals surface area contributed by atoms with Gasteiger partial charge in [-0.2, -0.15) is 10.2 Å². The molecular formula is C26H23N5O4. The molecule has 9 heteroatoms. The first kappa shape index (κ1) is 23.3. The van der Waals surface area contributed by atoms with Crippen molar-refractivity contribution >= 4 is 17.6 Å². The third-order valence-corrected chi connectivity index (χ3v) is 5.39. The van der Waals surface area contributed by atoms with Gasteiger partial charge < -0.3 is 25.4 Å². The zero-order chi connectivity index (χ0) is 24.8. The highest BCUT2D eigenvalue weighted by Gasteiger charge is 2.25. The van der Waals surface area contributed by atoms with Gasteiger partial charge in [0.2, 0.25) is 11.8 Å². The Hall–Kier alpha value is -4.84. The Labute approximate surface area is 202 Å². The number of pyridine rings is 1. The van der Waals surface area contributed by atoms with Crippen molar-refractivity contribution in [1.82, 2.24) is 10.3 Å². The molecule has 9 nitrogen and oxygen atoms in total. The van der Waals surface area contributed by atoms with Crippen molar-refractivity contribution in [1.29, 1.82) is 5.26 Å². The summed E-state index contributed by atoms with van der Waals surface area (Å²) in [5.41, 5.74) is 6.18. The molecule has 1 aromatic heterocycles. The minimum absolute atomic E-state index is 0.0242. The van der Waals surface area contributed by atoms with Crippen molar-refractivity contribution in [2.45, 2.75) is 12.5 Å². The predicted octanol–water partition coefficient (Wildman–Crippen LogP) is 3.52. The molecule has 4 rings (SSSR count). The maximum Gasteiger partial charge on any atom is 0.254 e. The molecule has 1 atom stereocenters. The van der Waals surface area contributed by atoms with Crippen LogP contribution in [0.4, 0.5) is 5.82 Å². The highest BCUT2D eigenvalue weighted by molar-refractivity contribution is 5.95. The van der Waals surface area contributed by atoms with Gasteiger partial charge in [-0.1, -0.05) is 12.6 Å². The number of nitriles is 1. The number of hydrogen-bond acceptors (Lipinski definition) is 7. The summed E-state index contributed by atoms with van der Waals surface area (Å²) >= 11 is 0. The normalized spacial score (nSPS) is 14.6. The molecule has 3 aromatic rings. The van der Waals surface area contributed by atoms with Crippen LogP contribution in [0.5, 0.6) is 23.1 Å². The summed E-state index contributed by atoms with van der Waals surface area (Å²) < 4.78 is 11.7. The number of carbonyl (C=O) groups excluding carboxylic acids is 2. The third kappa shape index (κ3) is 5.75. The van der Waals surface area contributed by atoms with Crippen LogP contribution in [0.2, 0.25) is 0 Å². The Bertz CT molecular complexity index is 1300. The minimum atomic E-state index is -0.658. The van der Waals surface area contributed by atoms with Crippen LogP contribution in [0.25, 0.3) is 0 Å². The zero-order valence-corrected chi connectivity index (χ0v) is 18.8. The van der Waals surface area contributed by atoms with Crippen molar-refractivity contribution in [3.63, 3.8) is 0 Å². The molecule has 1 aliphatic rings. The number of nitrogens with one attached hydrogen (secondary N) is 1. The largest absolute Gasteiger partial charge is 0.457 e. The summed E-state index contributed by atoms with van der Waals surface area (Å²) in [7, 11) is 0. The lowest BCUT2D eigenvalue weighted by molar-refractivity contribution is -0.117. The molecule has 0 bridgehead atoms. The molecule has 176 valence electrons. The van der Waals surface area contributed by atoms with Gasteiger partial charge in [-0.25, -0.2) is 0 Å². The topological polar surface area (TPSA) is 131 Å². The molecule has 2 amide bonds. The second-order valence-electron chi connectivity index (χ2n) is 7.85. The van der Waals surface area contributed by atoms with E-state index in [1.165, 1.54) is 6.08 Å². The van der Waals surface area contributed by atoms with E-state index in [1.807, 2.05) is 4.90 Å². The van der Waals surface area contributed by atoms with Gasteiger partial charge >= 0.3 is 0 Å². The number of rotatable bonds is 8. The average Bonchev–Trinajstić information content (AvgIpc) is 3.33. The van der Waals surface area contributed by atoms with Crippen LogP contribution in [-0.2, 0) is 4.79 Å². The minimum Gasteiger partial charge on any atom is -0.457 e. The van der Waals surface area contributed by atoms with Gasteiger partial charge in [0.15, 0.2) is 0 Å². The van der Waals surface area contributed by atoms with Gasteiger partial charge in [-0.05, 0) is 67.1 Å². The number of hydrogen-bond donors (Lipinski definition) is 2. The zero-order valence-electron chi connectivity index (χ0n) is 18.8. The second-order valence-corrected chi connectivity index (χ2v) is 7.85. The summed E-state index contributed by atoms with van der Waals surface area (Å²) in [4.78, 5) is 30.1. The van der Waals surface area contributed by atoms with Crippen LogP contribution in [-0.4, -0.2) is 35.9 Å². The smallest absolute Gasteiger partial charge is 0.254 e. The Morgan fingerprint density at radius 2 is 1.86 bits per heavy atom. The fraction of sp³-hybridized carbons (Fsp3) is 0.154. The van der Waals surface area contributed by atoms with Crippen LogP contribution in [0.1, 0.15) is 22.3 Å². The number of aromatic nitrogens is 1. The second kappa shape index (κ2) is 10.4. The van der Waals surface area contributed by atoms with Crippen molar-refractivity contribution in [3.8, 4) is 29.2 Å².